The van der Waals surface area contributed by atoms with Crippen LogP contribution in [0.3, 0.4) is 0 Å². The van der Waals surface area contributed by atoms with Crippen molar-refractivity contribution in [1.82, 2.24) is 0 Å². The zero-order valence-corrected chi connectivity index (χ0v) is 16.5. The minimum absolute atomic E-state index is 0.337. The van der Waals surface area contributed by atoms with Crippen LogP contribution in [0.5, 0.6) is 0 Å². The molecule has 0 unspecified atom stereocenters. The molecule has 0 aromatic heterocycles. The Morgan fingerprint density at radius 3 is 2.52 bits per heavy atom. The van der Waals surface area contributed by atoms with Crippen LogP contribution in [-0.2, 0) is 4.79 Å². The van der Waals surface area contributed by atoms with Crippen molar-refractivity contribution in [3.05, 3.63) is 12.2 Å². The first kappa shape index (κ1) is 20.5. The number of allylic oxidation sites excluding steroid dienone is 2. The van der Waals surface area contributed by atoms with Gasteiger partial charge >= 0.3 is 5.97 Å². The number of carbonyl (C=O) groups is 1. The molecule has 2 atom stereocenters. The summed E-state index contributed by atoms with van der Waals surface area (Å²) < 4.78 is 0. The fourth-order valence-corrected chi connectivity index (χ4v) is 4.86. The van der Waals surface area contributed by atoms with E-state index in [0.29, 0.717) is 0 Å². The van der Waals surface area contributed by atoms with Gasteiger partial charge in [-0.15, -0.1) is 0 Å². The predicted molar refractivity (Wildman–Crippen MR) is 106 cm³/mol. The lowest BCUT2D eigenvalue weighted by molar-refractivity contribution is -0.155. The molecule has 2 heteroatoms. The van der Waals surface area contributed by atoms with Crippen molar-refractivity contribution < 1.29 is 9.90 Å². The summed E-state index contributed by atoms with van der Waals surface area (Å²) in [7, 11) is 0. The van der Waals surface area contributed by atoms with Gasteiger partial charge in [-0.1, -0.05) is 70.4 Å². The van der Waals surface area contributed by atoms with Gasteiger partial charge < -0.3 is 5.11 Å². The van der Waals surface area contributed by atoms with E-state index in [-0.39, 0.29) is 5.41 Å². The number of unbranched alkanes of at least 4 members (excludes halogenated alkanes) is 6. The SMILES string of the molecule is CCCCCCC=C[C@H]1CCC[C@@H]1CCCCCC1(C(=O)O)CCC1. The second-order valence-corrected chi connectivity index (χ2v) is 8.67. The summed E-state index contributed by atoms with van der Waals surface area (Å²) >= 11 is 0. The number of hydrogen-bond acceptors (Lipinski definition) is 1. The first-order chi connectivity index (χ1) is 12.2. The number of hydrogen-bond donors (Lipinski definition) is 1. The molecule has 25 heavy (non-hydrogen) atoms. The van der Waals surface area contributed by atoms with Crippen LogP contribution in [0.2, 0.25) is 0 Å². The van der Waals surface area contributed by atoms with Crippen molar-refractivity contribution in [2.75, 3.05) is 0 Å². The normalized spacial score (nSPS) is 25.3. The van der Waals surface area contributed by atoms with E-state index in [1.807, 2.05) is 0 Å². The highest BCUT2D eigenvalue weighted by atomic mass is 16.4. The van der Waals surface area contributed by atoms with E-state index < -0.39 is 5.97 Å². The van der Waals surface area contributed by atoms with Gasteiger partial charge in [0, 0.05) is 0 Å². The molecule has 2 nitrogen and oxygen atoms in total. The van der Waals surface area contributed by atoms with Crippen molar-refractivity contribution in [3.8, 4) is 0 Å². The number of rotatable bonds is 13. The minimum atomic E-state index is -0.543. The van der Waals surface area contributed by atoms with E-state index >= 15 is 0 Å². The van der Waals surface area contributed by atoms with Crippen LogP contribution in [-0.4, -0.2) is 11.1 Å². The lowest BCUT2D eigenvalue weighted by atomic mass is 9.66. The lowest BCUT2D eigenvalue weighted by Gasteiger charge is -2.37. The van der Waals surface area contributed by atoms with Gasteiger partial charge in [0.15, 0.2) is 0 Å². The van der Waals surface area contributed by atoms with Gasteiger partial charge in [-0.25, -0.2) is 0 Å². The Morgan fingerprint density at radius 1 is 1.04 bits per heavy atom. The second kappa shape index (κ2) is 11.0. The summed E-state index contributed by atoms with van der Waals surface area (Å²) in [4.78, 5) is 11.4. The van der Waals surface area contributed by atoms with E-state index in [1.165, 1.54) is 70.6 Å². The third-order valence-corrected chi connectivity index (χ3v) is 6.82. The third kappa shape index (κ3) is 6.46. The van der Waals surface area contributed by atoms with Crippen LogP contribution in [0.15, 0.2) is 12.2 Å². The van der Waals surface area contributed by atoms with Crippen LogP contribution < -0.4 is 0 Å². The molecule has 0 spiro atoms. The fraction of sp³-hybridized carbons (Fsp3) is 0.870. The molecular formula is C23H40O2. The Kier molecular flexibility index (Phi) is 9.06. The van der Waals surface area contributed by atoms with E-state index in [1.54, 1.807) is 0 Å². The first-order valence-corrected chi connectivity index (χ1v) is 11.1. The number of carboxylic acid groups (broad SMARTS) is 1. The molecule has 0 heterocycles. The van der Waals surface area contributed by atoms with Crippen LogP contribution in [0.1, 0.15) is 110 Å². The van der Waals surface area contributed by atoms with E-state index in [4.69, 9.17) is 0 Å². The first-order valence-electron chi connectivity index (χ1n) is 11.1. The highest BCUT2D eigenvalue weighted by Gasteiger charge is 2.43. The van der Waals surface area contributed by atoms with E-state index in [9.17, 15) is 9.90 Å². The third-order valence-electron chi connectivity index (χ3n) is 6.82. The number of carboxylic acids is 1. The minimum Gasteiger partial charge on any atom is -0.481 e. The molecular weight excluding hydrogens is 308 g/mol. The highest BCUT2D eigenvalue weighted by Crippen LogP contribution is 2.45. The second-order valence-electron chi connectivity index (χ2n) is 8.67. The predicted octanol–water partition coefficient (Wildman–Crippen LogP) is 7.13. The Hall–Kier alpha value is -0.790. The molecule has 2 aliphatic carbocycles. The van der Waals surface area contributed by atoms with Crippen molar-refractivity contribution in [2.45, 2.75) is 110 Å². The maximum absolute atomic E-state index is 11.4. The van der Waals surface area contributed by atoms with Crippen molar-refractivity contribution >= 4 is 5.97 Å². The van der Waals surface area contributed by atoms with Crippen LogP contribution in [0.25, 0.3) is 0 Å². The quantitative estimate of drug-likeness (QED) is 0.284. The zero-order valence-electron chi connectivity index (χ0n) is 16.5. The van der Waals surface area contributed by atoms with E-state index in [0.717, 1.165) is 43.9 Å². The topological polar surface area (TPSA) is 37.3 Å². The van der Waals surface area contributed by atoms with Gasteiger partial charge in [0.1, 0.15) is 0 Å². The smallest absolute Gasteiger partial charge is 0.309 e. The molecule has 0 saturated heterocycles. The summed E-state index contributed by atoms with van der Waals surface area (Å²) in [6, 6.07) is 0. The number of aliphatic carboxylic acids is 1. The summed E-state index contributed by atoms with van der Waals surface area (Å²) in [5, 5.41) is 9.39. The molecule has 2 aliphatic rings. The maximum atomic E-state index is 11.4. The maximum Gasteiger partial charge on any atom is 0.309 e. The molecule has 144 valence electrons. The molecule has 0 aromatic rings. The molecule has 0 amide bonds. The van der Waals surface area contributed by atoms with Crippen molar-refractivity contribution in [2.24, 2.45) is 17.3 Å². The van der Waals surface area contributed by atoms with Crippen LogP contribution >= 0.6 is 0 Å². The monoisotopic (exact) mass is 348 g/mol. The molecule has 1 N–H and O–H groups in total. The molecule has 0 aromatic carbocycles. The highest BCUT2D eigenvalue weighted by molar-refractivity contribution is 5.75. The van der Waals surface area contributed by atoms with Gasteiger partial charge in [0.05, 0.1) is 5.41 Å². The van der Waals surface area contributed by atoms with Gasteiger partial charge in [-0.2, -0.15) is 0 Å². The average molecular weight is 349 g/mol. The van der Waals surface area contributed by atoms with Gasteiger partial charge in [0.2, 0.25) is 0 Å². The molecule has 2 fully saturated rings. The van der Waals surface area contributed by atoms with Crippen LogP contribution in [0, 0.1) is 17.3 Å². The molecule has 2 rings (SSSR count). The van der Waals surface area contributed by atoms with Gasteiger partial charge in [0.25, 0.3) is 0 Å². The van der Waals surface area contributed by atoms with Crippen molar-refractivity contribution in [1.29, 1.82) is 0 Å². The largest absolute Gasteiger partial charge is 0.481 e. The molecule has 2 saturated carbocycles. The van der Waals surface area contributed by atoms with Gasteiger partial charge in [-0.3, -0.25) is 4.79 Å². The molecule has 0 radical (unpaired) electrons. The Balaban J connectivity index is 1.56. The Bertz CT molecular complexity index is 408. The van der Waals surface area contributed by atoms with E-state index in [2.05, 4.69) is 19.1 Å². The fourth-order valence-electron chi connectivity index (χ4n) is 4.86. The Labute approximate surface area is 155 Å². The Morgan fingerprint density at radius 2 is 1.84 bits per heavy atom. The summed E-state index contributed by atoms with van der Waals surface area (Å²) in [6.45, 7) is 2.27. The summed E-state index contributed by atoms with van der Waals surface area (Å²) in [6.07, 6.45) is 24.7. The summed E-state index contributed by atoms with van der Waals surface area (Å²) in [5.41, 5.74) is -0.337. The average Bonchev–Trinajstić information content (AvgIpc) is 2.99. The summed E-state index contributed by atoms with van der Waals surface area (Å²) in [5.74, 6) is 1.17. The zero-order chi connectivity index (χ0) is 18.0. The lowest BCUT2D eigenvalue weighted by Crippen LogP contribution is -2.37. The molecule has 0 bridgehead atoms. The molecule has 0 aliphatic heterocycles. The van der Waals surface area contributed by atoms with Crippen LogP contribution in [0.4, 0.5) is 0 Å². The van der Waals surface area contributed by atoms with Gasteiger partial charge in [-0.05, 0) is 63.2 Å². The van der Waals surface area contributed by atoms with Crippen molar-refractivity contribution in [3.63, 3.8) is 0 Å². The standard InChI is InChI=1S/C23H40O2/c1-2-3-4-5-6-8-13-20-15-11-16-21(20)14-9-7-10-17-23(22(24)25)18-12-19-23/h8,13,20-21H,2-7,9-12,14-19H2,1H3,(H,24,25)/t20-,21-/m0/s1.